The molecular weight excluding hydrogens is 448 g/mol. The van der Waals surface area contributed by atoms with Crippen molar-refractivity contribution in [2.24, 2.45) is 5.73 Å². The van der Waals surface area contributed by atoms with Crippen molar-refractivity contribution in [2.75, 3.05) is 13.2 Å². The Morgan fingerprint density at radius 3 is 2.06 bits per heavy atom. The second kappa shape index (κ2) is 8.97. The summed E-state index contributed by atoms with van der Waals surface area (Å²) in [6.07, 6.45) is -10.2. The molecule has 0 saturated carbocycles. The molecule has 10 heteroatoms. The standard InChI is InChI=1S/C23H23F6N3O/c1-15(16-9-18(22(24,25)26)11-19(10-16)23(27,28)29)33-14-21(17-5-3-2-4-6-17)8-7-20(31,12-30)13-32-21/h2-6,9-11,15,32H,7-8,13-14,31H2,1H3/t15-,20?,21-/m1/s1. The molecule has 0 aliphatic carbocycles. The van der Waals surface area contributed by atoms with Crippen molar-refractivity contribution < 1.29 is 31.1 Å². The minimum Gasteiger partial charge on any atom is -0.372 e. The van der Waals surface area contributed by atoms with Crippen LogP contribution in [0.3, 0.4) is 0 Å². The van der Waals surface area contributed by atoms with Crippen LogP contribution in [0.15, 0.2) is 48.5 Å². The third-order valence-electron chi connectivity index (χ3n) is 5.95. The lowest BCUT2D eigenvalue weighted by atomic mass is 9.77. The molecule has 0 bridgehead atoms. The number of alkyl halides is 6. The maximum absolute atomic E-state index is 13.2. The highest BCUT2D eigenvalue weighted by atomic mass is 19.4. The van der Waals surface area contributed by atoms with Crippen LogP contribution in [0.2, 0.25) is 0 Å². The number of nitrogens with one attached hydrogen (secondary N) is 1. The van der Waals surface area contributed by atoms with Crippen molar-refractivity contribution in [3.63, 3.8) is 0 Å². The summed E-state index contributed by atoms with van der Waals surface area (Å²) in [6, 6.07) is 12.6. The first kappa shape index (κ1) is 25.0. The van der Waals surface area contributed by atoms with Gasteiger partial charge in [-0.15, -0.1) is 0 Å². The Balaban J connectivity index is 1.88. The minimum absolute atomic E-state index is 0.0444. The molecule has 3 N–H and O–H groups in total. The summed E-state index contributed by atoms with van der Waals surface area (Å²) in [5, 5.41) is 12.5. The molecule has 0 amide bonds. The molecule has 3 rings (SSSR count). The Labute approximate surface area is 187 Å². The molecule has 1 unspecified atom stereocenters. The molecule has 0 spiro atoms. The Kier molecular flexibility index (Phi) is 6.80. The highest BCUT2D eigenvalue weighted by Crippen LogP contribution is 2.39. The van der Waals surface area contributed by atoms with Crippen LogP contribution >= 0.6 is 0 Å². The summed E-state index contributed by atoms with van der Waals surface area (Å²) >= 11 is 0. The van der Waals surface area contributed by atoms with E-state index in [-0.39, 0.29) is 24.8 Å². The van der Waals surface area contributed by atoms with Crippen molar-refractivity contribution in [3.05, 3.63) is 70.8 Å². The van der Waals surface area contributed by atoms with E-state index in [1.807, 2.05) is 18.2 Å². The van der Waals surface area contributed by atoms with Crippen molar-refractivity contribution >= 4 is 0 Å². The lowest BCUT2D eigenvalue weighted by molar-refractivity contribution is -0.143. The summed E-state index contributed by atoms with van der Waals surface area (Å²) < 4.78 is 85.1. The summed E-state index contributed by atoms with van der Waals surface area (Å²) in [7, 11) is 0. The van der Waals surface area contributed by atoms with Crippen LogP contribution in [-0.4, -0.2) is 18.7 Å². The fraction of sp³-hybridized carbons (Fsp3) is 0.435. The van der Waals surface area contributed by atoms with E-state index in [9.17, 15) is 31.6 Å². The van der Waals surface area contributed by atoms with E-state index >= 15 is 0 Å². The summed E-state index contributed by atoms with van der Waals surface area (Å²) in [5.41, 5.74) is 1.96. The number of hydrogen-bond donors (Lipinski definition) is 2. The van der Waals surface area contributed by atoms with Crippen molar-refractivity contribution in [1.82, 2.24) is 5.32 Å². The molecule has 2 aromatic carbocycles. The zero-order chi connectivity index (χ0) is 24.5. The number of rotatable bonds is 5. The lowest BCUT2D eigenvalue weighted by Gasteiger charge is -2.44. The van der Waals surface area contributed by atoms with E-state index in [0.29, 0.717) is 25.0 Å². The average molecular weight is 471 g/mol. The van der Waals surface area contributed by atoms with Gasteiger partial charge in [0.05, 0.1) is 35.4 Å². The van der Waals surface area contributed by atoms with Crippen molar-refractivity contribution in [3.8, 4) is 6.07 Å². The number of benzene rings is 2. The zero-order valence-electron chi connectivity index (χ0n) is 17.7. The summed E-state index contributed by atoms with van der Waals surface area (Å²) in [6.45, 7) is 1.51. The van der Waals surface area contributed by atoms with E-state index in [2.05, 4.69) is 11.4 Å². The molecule has 0 radical (unpaired) electrons. The molecule has 2 aromatic rings. The fourth-order valence-electron chi connectivity index (χ4n) is 3.82. The van der Waals surface area contributed by atoms with Crippen LogP contribution < -0.4 is 11.1 Å². The third-order valence-corrected chi connectivity index (χ3v) is 5.95. The van der Waals surface area contributed by atoms with E-state index < -0.39 is 40.7 Å². The first-order chi connectivity index (χ1) is 15.3. The molecule has 178 valence electrons. The first-order valence-electron chi connectivity index (χ1n) is 10.2. The Morgan fingerprint density at radius 2 is 1.61 bits per heavy atom. The van der Waals surface area contributed by atoms with Gasteiger partial charge >= 0.3 is 12.4 Å². The minimum atomic E-state index is -4.94. The highest BCUT2D eigenvalue weighted by Gasteiger charge is 2.43. The number of piperidine rings is 1. The molecule has 1 heterocycles. The Bertz CT molecular complexity index is 973. The van der Waals surface area contributed by atoms with E-state index in [1.165, 1.54) is 6.92 Å². The predicted octanol–water partition coefficient (Wildman–Crippen LogP) is 5.30. The highest BCUT2D eigenvalue weighted by molar-refractivity contribution is 5.35. The van der Waals surface area contributed by atoms with E-state index in [0.717, 1.165) is 5.56 Å². The Hall–Kier alpha value is -2.61. The van der Waals surface area contributed by atoms with Gasteiger partial charge in [-0.1, -0.05) is 30.3 Å². The smallest absolute Gasteiger partial charge is 0.372 e. The first-order valence-corrected chi connectivity index (χ1v) is 10.2. The third kappa shape index (κ3) is 5.66. The normalized spacial score (nSPS) is 24.8. The average Bonchev–Trinajstić information content (AvgIpc) is 2.78. The summed E-state index contributed by atoms with van der Waals surface area (Å²) in [5.74, 6) is 0. The largest absolute Gasteiger partial charge is 0.416 e. The van der Waals surface area contributed by atoms with Gasteiger partial charge in [0.25, 0.3) is 0 Å². The predicted molar refractivity (Wildman–Crippen MR) is 109 cm³/mol. The van der Waals surface area contributed by atoms with Crippen molar-refractivity contribution in [1.29, 1.82) is 5.26 Å². The SMILES string of the molecule is C[C@@H](OC[C@@]1(c2ccccc2)CCC(N)(C#N)CN1)c1cc(C(F)(F)F)cc(C(F)(F)F)c1. The van der Waals surface area contributed by atoms with E-state index in [1.54, 1.807) is 12.1 Å². The molecule has 4 nitrogen and oxygen atoms in total. The second-order valence-electron chi connectivity index (χ2n) is 8.36. The molecule has 1 aliphatic heterocycles. The molecule has 33 heavy (non-hydrogen) atoms. The van der Waals surface area contributed by atoms with Gasteiger partial charge in [-0.2, -0.15) is 31.6 Å². The number of nitrogens with two attached hydrogens (primary N) is 1. The fourth-order valence-corrected chi connectivity index (χ4v) is 3.82. The second-order valence-corrected chi connectivity index (χ2v) is 8.36. The van der Waals surface area contributed by atoms with E-state index in [4.69, 9.17) is 10.5 Å². The monoisotopic (exact) mass is 471 g/mol. The maximum atomic E-state index is 13.2. The zero-order valence-corrected chi connectivity index (χ0v) is 17.7. The van der Waals surface area contributed by atoms with Gasteiger partial charge in [0.1, 0.15) is 5.54 Å². The molecular formula is C23H23F6N3O. The molecule has 3 atom stereocenters. The van der Waals surface area contributed by atoms with Crippen LogP contribution in [0, 0.1) is 11.3 Å². The van der Waals surface area contributed by atoms with Crippen LogP contribution in [0.4, 0.5) is 26.3 Å². The number of halogens is 6. The number of hydrogen-bond acceptors (Lipinski definition) is 4. The van der Waals surface area contributed by atoms with Gasteiger partial charge < -0.3 is 15.8 Å². The number of nitrogens with zero attached hydrogens (tertiary/aromatic N) is 1. The van der Waals surface area contributed by atoms with Crippen LogP contribution in [0.25, 0.3) is 0 Å². The van der Waals surface area contributed by atoms with Crippen molar-refractivity contribution in [2.45, 2.75) is 49.3 Å². The summed E-state index contributed by atoms with van der Waals surface area (Å²) in [4.78, 5) is 0. The number of ether oxygens (including phenoxy) is 1. The van der Waals surface area contributed by atoms with Gasteiger partial charge in [-0.25, -0.2) is 0 Å². The quantitative estimate of drug-likeness (QED) is 0.581. The molecule has 0 aromatic heterocycles. The number of nitriles is 1. The Morgan fingerprint density at radius 1 is 1.03 bits per heavy atom. The van der Waals surface area contributed by atoms with Gasteiger partial charge in [0.15, 0.2) is 0 Å². The molecule has 1 fully saturated rings. The maximum Gasteiger partial charge on any atom is 0.416 e. The van der Waals surface area contributed by atoms with Gasteiger partial charge in [0.2, 0.25) is 0 Å². The van der Waals surface area contributed by atoms with Crippen LogP contribution in [0.5, 0.6) is 0 Å². The van der Waals surface area contributed by atoms with Gasteiger partial charge in [0, 0.05) is 6.54 Å². The lowest BCUT2D eigenvalue weighted by Crippen LogP contribution is -2.61. The van der Waals surface area contributed by atoms with Gasteiger partial charge in [-0.05, 0) is 49.1 Å². The topological polar surface area (TPSA) is 71.1 Å². The van der Waals surface area contributed by atoms with Crippen LogP contribution in [0.1, 0.15) is 48.1 Å². The van der Waals surface area contributed by atoms with Gasteiger partial charge in [-0.3, -0.25) is 0 Å². The molecule has 1 aliphatic rings. The van der Waals surface area contributed by atoms with Crippen LogP contribution in [-0.2, 0) is 22.6 Å². The molecule has 1 saturated heterocycles.